The van der Waals surface area contributed by atoms with Gasteiger partial charge in [-0.15, -0.1) is 24.8 Å². The van der Waals surface area contributed by atoms with Gasteiger partial charge < -0.3 is 0 Å². The van der Waals surface area contributed by atoms with E-state index in [1.54, 1.807) is 25.7 Å². The second kappa shape index (κ2) is 3.12. The molecule has 2 saturated carbocycles. The van der Waals surface area contributed by atoms with Gasteiger partial charge in [0.15, 0.2) is 0 Å². The molecule has 2 heteroatoms. The zero-order valence-corrected chi connectivity index (χ0v) is 7.19. The van der Waals surface area contributed by atoms with E-state index in [1.807, 2.05) is 0 Å². The van der Waals surface area contributed by atoms with Crippen LogP contribution < -0.4 is 0 Å². The number of rotatable bonds is 0. The van der Waals surface area contributed by atoms with Crippen LogP contribution in [0.3, 0.4) is 0 Å². The molecule has 2 rings (SSSR count). The lowest BCUT2D eigenvalue weighted by Crippen LogP contribution is -2.35. The summed E-state index contributed by atoms with van der Waals surface area (Å²) < 4.78 is 0. The highest BCUT2D eigenvalue weighted by Crippen LogP contribution is 2.55. The third-order valence-electron chi connectivity index (χ3n) is 2.83. The Kier molecular flexibility index (Phi) is 3.32. The number of halogens is 2. The molecule has 1 spiro atoms. The van der Waals surface area contributed by atoms with Gasteiger partial charge in [0.25, 0.3) is 0 Å². The van der Waals surface area contributed by atoms with Crippen LogP contribution >= 0.6 is 24.8 Å². The SMILES string of the molecule is C1CC2(C1)CCC2.Cl.Cl. The highest BCUT2D eigenvalue weighted by molar-refractivity contribution is 5.85. The highest BCUT2D eigenvalue weighted by Gasteiger charge is 2.41. The van der Waals surface area contributed by atoms with E-state index in [0.29, 0.717) is 0 Å². The highest BCUT2D eigenvalue weighted by atomic mass is 35.5. The summed E-state index contributed by atoms with van der Waals surface area (Å²) in [6, 6.07) is 0. The Bertz CT molecular complexity index is 67.4. The molecule has 56 valence electrons. The van der Waals surface area contributed by atoms with Crippen molar-refractivity contribution in [1.29, 1.82) is 0 Å². The van der Waals surface area contributed by atoms with E-state index >= 15 is 0 Å². The predicted octanol–water partition coefficient (Wildman–Crippen LogP) is 3.18. The van der Waals surface area contributed by atoms with Crippen molar-refractivity contribution < 1.29 is 0 Å². The Balaban J connectivity index is 0.000000320. The molecule has 9 heavy (non-hydrogen) atoms. The van der Waals surface area contributed by atoms with Crippen LogP contribution in [0, 0.1) is 5.41 Å². The lowest BCUT2D eigenvalue weighted by Gasteiger charge is -2.49. The van der Waals surface area contributed by atoms with Gasteiger partial charge in [0.2, 0.25) is 0 Å². The van der Waals surface area contributed by atoms with E-state index in [1.165, 1.54) is 12.8 Å². The van der Waals surface area contributed by atoms with Crippen molar-refractivity contribution >= 4 is 24.8 Å². The minimum absolute atomic E-state index is 0. The third kappa shape index (κ3) is 1.35. The molecule has 2 fully saturated rings. The average molecular weight is 169 g/mol. The summed E-state index contributed by atoms with van der Waals surface area (Å²) in [5.41, 5.74) is 0.944. The molecule has 0 aromatic rings. The molecule has 0 aromatic heterocycles. The summed E-state index contributed by atoms with van der Waals surface area (Å²) in [5, 5.41) is 0. The van der Waals surface area contributed by atoms with Gasteiger partial charge in [0.1, 0.15) is 0 Å². The fourth-order valence-electron chi connectivity index (χ4n) is 1.85. The molecule has 0 bridgehead atoms. The molecule has 0 aromatic carbocycles. The lowest BCUT2D eigenvalue weighted by molar-refractivity contribution is 0.0314. The lowest BCUT2D eigenvalue weighted by atomic mass is 9.56. The van der Waals surface area contributed by atoms with Gasteiger partial charge in [-0.05, 0) is 31.1 Å². The first-order valence-electron chi connectivity index (χ1n) is 3.41. The molecule has 2 aliphatic carbocycles. The molecule has 0 heterocycles. The molecule has 0 amide bonds. The quantitative estimate of drug-likeness (QED) is 0.522. The molecule has 0 aliphatic heterocycles. The van der Waals surface area contributed by atoms with Crippen LogP contribution in [-0.2, 0) is 0 Å². The Hall–Kier alpha value is 0.580. The predicted molar refractivity (Wildman–Crippen MR) is 44.6 cm³/mol. The molecule has 0 N–H and O–H groups in total. The van der Waals surface area contributed by atoms with E-state index in [2.05, 4.69) is 0 Å². The zero-order valence-electron chi connectivity index (χ0n) is 5.56. The second-order valence-corrected chi connectivity index (χ2v) is 3.21. The molecule has 0 nitrogen and oxygen atoms in total. The summed E-state index contributed by atoms with van der Waals surface area (Å²) in [7, 11) is 0. The molecular weight excluding hydrogens is 155 g/mol. The Morgan fingerprint density at radius 3 is 1.00 bits per heavy atom. The van der Waals surface area contributed by atoms with Crippen LogP contribution in [0.1, 0.15) is 38.5 Å². The van der Waals surface area contributed by atoms with Crippen LogP contribution in [0.5, 0.6) is 0 Å². The van der Waals surface area contributed by atoms with E-state index in [-0.39, 0.29) is 24.8 Å². The molecule has 0 saturated heterocycles. The van der Waals surface area contributed by atoms with Crippen LogP contribution in [0.2, 0.25) is 0 Å². The summed E-state index contributed by atoms with van der Waals surface area (Å²) in [4.78, 5) is 0. The van der Waals surface area contributed by atoms with Crippen LogP contribution in [0.25, 0.3) is 0 Å². The monoisotopic (exact) mass is 168 g/mol. The minimum atomic E-state index is 0. The van der Waals surface area contributed by atoms with Crippen LogP contribution in [0.15, 0.2) is 0 Å². The van der Waals surface area contributed by atoms with Gasteiger partial charge in [0.05, 0.1) is 0 Å². The maximum Gasteiger partial charge on any atom is -0.0297 e. The van der Waals surface area contributed by atoms with Crippen molar-refractivity contribution in [1.82, 2.24) is 0 Å². The number of hydrogen-bond acceptors (Lipinski definition) is 0. The van der Waals surface area contributed by atoms with Crippen molar-refractivity contribution in [3.05, 3.63) is 0 Å². The molecule has 2 aliphatic rings. The maximum atomic E-state index is 1.56. The Morgan fingerprint density at radius 1 is 0.667 bits per heavy atom. The van der Waals surface area contributed by atoms with Gasteiger partial charge in [-0.3, -0.25) is 0 Å². The summed E-state index contributed by atoms with van der Waals surface area (Å²) >= 11 is 0. The average Bonchev–Trinajstić information content (AvgIpc) is 1.20. The second-order valence-electron chi connectivity index (χ2n) is 3.21. The van der Waals surface area contributed by atoms with Gasteiger partial charge in [-0.25, -0.2) is 0 Å². The fraction of sp³-hybridized carbons (Fsp3) is 1.00. The minimum Gasteiger partial charge on any atom is -0.147 e. The summed E-state index contributed by atoms with van der Waals surface area (Å²) in [5.74, 6) is 0. The number of hydrogen-bond donors (Lipinski definition) is 0. The first-order valence-corrected chi connectivity index (χ1v) is 3.41. The standard InChI is InChI=1S/C7H12.2ClH/c1-3-7(4-1)5-2-6-7;;/h1-6H2;2*1H. The Labute approximate surface area is 69.2 Å². The molecular formula is C7H14Cl2. The fourth-order valence-corrected chi connectivity index (χ4v) is 1.85. The zero-order chi connectivity index (χ0) is 4.74. The van der Waals surface area contributed by atoms with Crippen molar-refractivity contribution in [3.8, 4) is 0 Å². The smallest absolute Gasteiger partial charge is 0.0297 e. The van der Waals surface area contributed by atoms with Crippen LogP contribution in [0.4, 0.5) is 0 Å². The molecule has 0 radical (unpaired) electrons. The van der Waals surface area contributed by atoms with Crippen molar-refractivity contribution in [2.75, 3.05) is 0 Å². The topological polar surface area (TPSA) is 0 Å². The largest absolute Gasteiger partial charge is 0.147 e. The first kappa shape index (κ1) is 9.58. The first-order chi connectivity index (χ1) is 3.41. The van der Waals surface area contributed by atoms with Gasteiger partial charge in [-0.1, -0.05) is 12.8 Å². The van der Waals surface area contributed by atoms with E-state index in [4.69, 9.17) is 0 Å². The normalized spacial score (nSPS) is 26.7. The summed E-state index contributed by atoms with van der Waals surface area (Å²) in [6.07, 6.45) is 9.31. The maximum absolute atomic E-state index is 1.56. The van der Waals surface area contributed by atoms with Crippen molar-refractivity contribution in [2.45, 2.75) is 38.5 Å². The summed E-state index contributed by atoms with van der Waals surface area (Å²) in [6.45, 7) is 0. The van der Waals surface area contributed by atoms with Gasteiger partial charge in [0, 0.05) is 0 Å². The van der Waals surface area contributed by atoms with Crippen molar-refractivity contribution in [3.63, 3.8) is 0 Å². The van der Waals surface area contributed by atoms with Gasteiger partial charge >= 0.3 is 0 Å². The van der Waals surface area contributed by atoms with E-state index < -0.39 is 0 Å². The van der Waals surface area contributed by atoms with E-state index in [9.17, 15) is 0 Å². The third-order valence-corrected chi connectivity index (χ3v) is 2.83. The Morgan fingerprint density at radius 2 is 1.00 bits per heavy atom. The van der Waals surface area contributed by atoms with E-state index in [0.717, 1.165) is 5.41 Å². The van der Waals surface area contributed by atoms with Crippen molar-refractivity contribution in [2.24, 2.45) is 5.41 Å². The van der Waals surface area contributed by atoms with Gasteiger partial charge in [-0.2, -0.15) is 0 Å². The molecule has 0 atom stereocenters. The van der Waals surface area contributed by atoms with Crippen LogP contribution in [-0.4, -0.2) is 0 Å². The molecule has 0 unspecified atom stereocenters.